The van der Waals surface area contributed by atoms with Gasteiger partial charge in [0.1, 0.15) is 5.75 Å². The molecule has 0 bridgehead atoms. The fraction of sp³-hybridized carbons (Fsp3) is 0.214. The molecule has 94 valence electrons. The van der Waals surface area contributed by atoms with E-state index in [1.165, 1.54) is 0 Å². The molecular formula is C14H13Cl2NO. The van der Waals surface area contributed by atoms with Crippen LogP contribution in [0.2, 0.25) is 10.0 Å². The molecule has 1 unspecified atom stereocenters. The monoisotopic (exact) mass is 281 g/mol. The second-order valence-electron chi connectivity index (χ2n) is 3.98. The SMILES string of the molecule is COc1cccnc1C(C)c1ccc(Cl)cc1Cl. The third-order valence-electron chi connectivity index (χ3n) is 2.86. The van der Waals surface area contributed by atoms with E-state index in [1.807, 2.05) is 31.2 Å². The Kier molecular flexibility index (Phi) is 4.10. The molecule has 0 fully saturated rings. The summed E-state index contributed by atoms with van der Waals surface area (Å²) < 4.78 is 5.32. The van der Waals surface area contributed by atoms with Crippen molar-refractivity contribution in [3.8, 4) is 5.75 Å². The van der Waals surface area contributed by atoms with Crippen LogP contribution < -0.4 is 4.74 Å². The molecule has 0 aliphatic heterocycles. The Hall–Kier alpha value is -1.25. The van der Waals surface area contributed by atoms with Gasteiger partial charge in [0.05, 0.1) is 12.8 Å². The van der Waals surface area contributed by atoms with Gasteiger partial charge in [0.15, 0.2) is 0 Å². The molecule has 0 radical (unpaired) electrons. The van der Waals surface area contributed by atoms with Crippen molar-refractivity contribution in [2.75, 3.05) is 7.11 Å². The Morgan fingerprint density at radius 3 is 2.67 bits per heavy atom. The van der Waals surface area contributed by atoms with E-state index in [2.05, 4.69) is 4.98 Å². The van der Waals surface area contributed by atoms with E-state index in [4.69, 9.17) is 27.9 Å². The number of nitrogens with zero attached hydrogens (tertiary/aromatic N) is 1. The van der Waals surface area contributed by atoms with Crippen molar-refractivity contribution < 1.29 is 4.74 Å². The molecule has 4 heteroatoms. The Morgan fingerprint density at radius 1 is 1.22 bits per heavy atom. The molecule has 0 saturated carbocycles. The summed E-state index contributed by atoms with van der Waals surface area (Å²) in [6.07, 6.45) is 1.75. The summed E-state index contributed by atoms with van der Waals surface area (Å²) in [5.41, 5.74) is 1.85. The molecule has 2 nitrogen and oxygen atoms in total. The summed E-state index contributed by atoms with van der Waals surface area (Å²) in [5.74, 6) is 0.807. The van der Waals surface area contributed by atoms with Crippen LogP contribution in [0.3, 0.4) is 0 Å². The van der Waals surface area contributed by atoms with Crippen molar-refractivity contribution in [1.29, 1.82) is 0 Å². The summed E-state index contributed by atoms with van der Waals surface area (Å²) in [4.78, 5) is 4.37. The zero-order valence-electron chi connectivity index (χ0n) is 10.2. The Morgan fingerprint density at radius 2 is 2.00 bits per heavy atom. The van der Waals surface area contributed by atoms with Crippen LogP contribution in [-0.2, 0) is 0 Å². The van der Waals surface area contributed by atoms with Crippen molar-refractivity contribution in [3.05, 3.63) is 57.8 Å². The van der Waals surface area contributed by atoms with Crippen LogP contribution in [0.4, 0.5) is 0 Å². The van der Waals surface area contributed by atoms with E-state index < -0.39 is 0 Å². The zero-order valence-corrected chi connectivity index (χ0v) is 11.7. The molecule has 0 spiro atoms. The van der Waals surface area contributed by atoms with Crippen LogP contribution in [0, 0.1) is 0 Å². The van der Waals surface area contributed by atoms with E-state index in [9.17, 15) is 0 Å². The average Bonchev–Trinajstić information content (AvgIpc) is 2.38. The number of benzene rings is 1. The molecule has 0 amide bonds. The van der Waals surface area contributed by atoms with Gasteiger partial charge >= 0.3 is 0 Å². The van der Waals surface area contributed by atoms with Gasteiger partial charge in [-0.1, -0.05) is 36.2 Å². The van der Waals surface area contributed by atoms with Gasteiger partial charge in [0.25, 0.3) is 0 Å². The molecule has 1 atom stereocenters. The van der Waals surface area contributed by atoms with Crippen molar-refractivity contribution in [2.24, 2.45) is 0 Å². The number of ether oxygens (including phenoxy) is 1. The predicted octanol–water partition coefficient (Wildman–Crippen LogP) is 4.55. The molecule has 1 aromatic heterocycles. The second kappa shape index (κ2) is 5.59. The largest absolute Gasteiger partial charge is 0.495 e. The lowest BCUT2D eigenvalue weighted by molar-refractivity contribution is 0.405. The molecular weight excluding hydrogens is 269 g/mol. The summed E-state index contributed by atoms with van der Waals surface area (Å²) in [7, 11) is 1.64. The van der Waals surface area contributed by atoms with Crippen LogP contribution in [0.25, 0.3) is 0 Å². The Bertz CT molecular complexity index is 557. The number of pyridine rings is 1. The van der Waals surface area contributed by atoms with E-state index >= 15 is 0 Å². The first-order chi connectivity index (χ1) is 8.63. The minimum Gasteiger partial charge on any atom is -0.495 e. The molecule has 1 heterocycles. The number of rotatable bonds is 3. The second-order valence-corrected chi connectivity index (χ2v) is 4.82. The predicted molar refractivity (Wildman–Crippen MR) is 74.8 cm³/mol. The van der Waals surface area contributed by atoms with Crippen molar-refractivity contribution >= 4 is 23.2 Å². The number of hydrogen-bond acceptors (Lipinski definition) is 2. The van der Waals surface area contributed by atoms with Gasteiger partial charge in [-0.25, -0.2) is 0 Å². The Labute approximate surface area is 117 Å². The average molecular weight is 282 g/mol. The molecule has 2 aromatic rings. The minimum absolute atomic E-state index is 0.0471. The van der Waals surface area contributed by atoms with E-state index in [1.54, 1.807) is 19.4 Å². The van der Waals surface area contributed by atoms with Crippen LogP contribution in [0.5, 0.6) is 5.75 Å². The van der Waals surface area contributed by atoms with Gasteiger partial charge in [-0.15, -0.1) is 0 Å². The number of hydrogen-bond donors (Lipinski definition) is 0. The van der Waals surface area contributed by atoms with Crippen molar-refractivity contribution in [2.45, 2.75) is 12.8 Å². The quantitative estimate of drug-likeness (QED) is 0.824. The molecule has 0 aliphatic carbocycles. The number of aromatic nitrogens is 1. The highest BCUT2D eigenvalue weighted by Gasteiger charge is 2.17. The number of halogens is 2. The summed E-state index contributed by atoms with van der Waals surface area (Å²) in [6, 6.07) is 9.23. The molecule has 1 aromatic carbocycles. The van der Waals surface area contributed by atoms with Crippen LogP contribution in [-0.4, -0.2) is 12.1 Å². The van der Waals surface area contributed by atoms with Crippen LogP contribution >= 0.6 is 23.2 Å². The maximum atomic E-state index is 6.22. The number of methoxy groups -OCH3 is 1. The van der Waals surface area contributed by atoms with Gasteiger partial charge in [-0.3, -0.25) is 4.98 Å². The van der Waals surface area contributed by atoms with Gasteiger partial charge < -0.3 is 4.74 Å². The zero-order chi connectivity index (χ0) is 13.1. The topological polar surface area (TPSA) is 22.1 Å². The normalized spacial score (nSPS) is 12.2. The van der Waals surface area contributed by atoms with Crippen molar-refractivity contribution in [3.63, 3.8) is 0 Å². The molecule has 0 aliphatic rings. The first kappa shape index (κ1) is 13.2. The highest BCUT2D eigenvalue weighted by Crippen LogP contribution is 2.34. The third kappa shape index (κ3) is 2.60. The minimum atomic E-state index is 0.0471. The fourth-order valence-corrected chi connectivity index (χ4v) is 2.47. The van der Waals surface area contributed by atoms with E-state index in [0.717, 1.165) is 17.0 Å². The smallest absolute Gasteiger partial charge is 0.140 e. The van der Waals surface area contributed by atoms with Crippen molar-refractivity contribution in [1.82, 2.24) is 4.98 Å². The lowest BCUT2D eigenvalue weighted by Crippen LogP contribution is -2.02. The first-order valence-corrected chi connectivity index (χ1v) is 6.33. The van der Waals surface area contributed by atoms with Crippen LogP contribution in [0.1, 0.15) is 24.1 Å². The van der Waals surface area contributed by atoms with Gasteiger partial charge in [-0.05, 0) is 29.8 Å². The standard InChI is InChI=1S/C14H13Cl2NO/c1-9(11-6-5-10(15)8-12(11)16)14-13(18-2)4-3-7-17-14/h3-9H,1-2H3. The highest BCUT2D eigenvalue weighted by atomic mass is 35.5. The molecule has 18 heavy (non-hydrogen) atoms. The van der Waals surface area contributed by atoms with Crippen LogP contribution in [0.15, 0.2) is 36.5 Å². The molecule has 2 rings (SSSR count). The summed E-state index contributed by atoms with van der Waals surface area (Å²) in [6.45, 7) is 2.04. The van der Waals surface area contributed by atoms with Gasteiger partial charge in [0, 0.05) is 22.2 Å². The maximum Gasteiger partial charge on any atom is 0.140 e. The maximum absolute atomic E-state index is 6.22. The molecule has 0 saturated heterocycles. The first-order valence-electron chi connectivity index (χ1n) is 5.57. The molecule has 0 N–H and O–H groups in total. The Balaban J connectivity index is 2.44. The van der Waals surface area contributed by atoms with Gasteiger partial charge in [0.2, 0.25) is 0 Å². The van der Waals surface area contributed by atoms with E-state index in [0.29, 0.717) is 10.0 Å². The fourth-order valence-electron chi connectivity index (χ4n) is 1.90. The lowest BCUT2D eigenvalue weighted by atomic mass is 9.96. The summed E-state index contributed by atoms with van der Waals surface area (Å²) in [5, 5.41) is 1.27. The third-order valence-corrected chi connectivity index (χ3v) is 3.42. The van der Waals surface area contributed by atoms with Gasteiger partial charge in [-0.2, -0.15) is 0 Å². The highest BCUT2D eigenvalue weighted by molar-refractivity contribution is 6.35. The summed E-state index contributed by atoms with van der Waals surface area (Å²) >= 11 is 12.1. The van der Waals surface area contributed by atoms with E-state index in [-0.39, 0.29) is 5.92 Å². The lowest BCUT2D eigenvalue weighted by Gasteiger charge is -2.16.